The minimum atomic E-state index is -3.90. The van der Waals surface area contributed by atoms with E-state index in [0.717, 1.165) is 32.5 Å². The standard InChI is InChI=1S/C24H33N3O4S/c1-4-5-14-27-15-12-20(13-16-27)25-24(28)19-11-10-18(2)23(17-19)32(29,30)26-21-8-6-7-9-22(21)31-3/h6-11,17,20,26H,4-5,12-16H2,1-3H3,(H,25,28). The molecule has 1 saturated heterocycles. The van der Waals surface area contributed by atoms with Gasteiger partial charge in [-0.25, -0.2) is 8.42 Å². The highest BCUT2D eigenvalue weighted by atomic mass is 32.2. The fraction of sp³-hybridized carbons (Fsp3) is 0.458. The molecule has 1 heterocycles. The third kappa shape index (κ3) is 6.01. The number of carbonyl (C=O) groups excluding carboxylic acids is 1. The third-order valence-electron chi connectivity index (χ3n) is 5.84. The zero-order valence-electron chi connectivity index (χ0n) is 19.1. The summed E-state index contributed by atoms with van der Waals surface area (Å²) in [6.45, 7) is 6.96. The van der Waals surface area contributed by atoms with E-state index in [9.17, 15) is 13.2 Å². The molecule has 2 N–H and O–H groups in total. The van der Waals surface area contributed by atoms with Gasteiger partial charge in [-0.2, -0.15) is 0 Å². The first-order chi connectivity index (χ1) is 15.3. The molecule has 1 aliphatic rings. The number of likely N-dealkylation sites (tertiary alicyclic amines) is 1. The lowest BCUT2D eigenvalue weighted by molar-refractivity contribution is 0.0910. The number of anilines is 1. The molecule has 1 fully saturated rings. The molecule has 1 amide bonds. The van der Waals surface area contributed by atoms with E-state index in [1.165, 1.54) is 26.0 Å². The molecule has 8 heteroatoms. The summed E-state index contributed by atoms with van der Waals surface area (Å²) in [5, 5.41) is 3.08. The minimum Gasteiger partial charge on any atom is -0.495 e. The summed E-state index contributed by atoms with van der Waals surface area (Å²) in [7, 11) is -2.41. The van der Waals surface area contributed by atoms with Crippen LogP contribution in [0.25, 0.3) is 0 Å². The highest BCUT2D eigenvalue weighted by Crippen LogP contribution is 2.27. The van der Waals surface area contributed by atoms with Crippen LogP contribution in [0.15, 0.2) is 47.4 Å². The number of hydrogen-bond donors (Lipinski definition) is 2. The van der Waals surface area contributed by atoms with Gasteiger partial charge in [-0.15, -0.1) is 0 Å². The minimum absolute atomic E-state index is 0.0745. The summed E-state index contributed by atoms with van der Waals surface area (Å²) in [6.07, 6.45) is 4.19. The fourth-order valence-corrected chi connectivity index (χ4v) is 5.25. The second-order valence-corrected chi connectivity index (χ2v) is 9.88. The largest absolute Gasteiger partial charge is 0.495 e. The van der Waals surface area contributed by atoms with Crippen LogP contribution in [-0.2, 0) is 10.0 Å². The summed E-state index contributed by atoms with van der Waals surface area (Å²) in [5.41, 5.74) is 1.25. The molecule has 3 rings (SSSR count). The Labute approximate surface area is 191 Å². The van der Waals surface area contributed by atoms with Crippen molar-refractivity contribution in [2.24, 2.45) is 0 Å². The Kier molecular flexibility index (Phi) is 8.15. The average Bonchev–Trinajstić information content (AvgIpc) is 2.79. The quantitative estimate of drug-likeness (QED) is 0.596. The molecule has 7 nitrogen and oxygen atoms in total. The van der Waals surface area contributed by atoms with E-state index >= 15 is 0 Å². The molecule has 0 radical (unpaired) electrons. The number of sulfonamides is 1. The van der Waals surface area contributed by atoms with Crippen LogP contribution in [0.2, 0.25) is 0 Å². The van der Waals surface area contributed by atoms with Gasteiger partial charge in [0.25, 0.3) is 15.9 Å². The monoisotopic (exact) mass is 459 g/mol. The maximum atomic E-state index is 13.1. The number of para-hydroxylation sites is 2. The number of piperidine rings is 1. The lowest BCUT2D eigenvalue weighted by atomic mass is 10.0. The van der Waals surface area contributed by atoms with Crippen molar-refractivity contribution in [1.82, 2.24) is 10.2 Å². The van der Waals surface area contributed by atoms with Gasteiger partial charge >= 0.3 is 0 Å². The Bertz CT molecular complexity index is 1030. The molecular weight excluding hydrogens is 426 g/mol. The number of amides is 1. The van der Waals surface area contributed by atoms with Gasteiger partial charge in [0.2, 0.25) is 0 Å². The van der Waals surface area contributed by atoms with Crippen molar-refractivity contribution in [2.75, 3.05) is 31.5 Å². The van der Waals surface area contributed by atoms with Gasteiger partial charge in [0.1, 0.15) is 5.75 Å². The van der Waals surface area contributed by atoms with Gasteiger partial charge in [-0.3, -0.25) is 9.52 Å². The molecule has 2 aromatic carbocycles. The van der Waals surface area contributed by atoms with Crippen molar-refractivity contribution < 1.29 is 17.9 Å². The predicted molar refractivity (Wildman–Crippen MR) is 127 cm³/mol. The van der Waals surface area contributed by atoms with Crippen LogP contribution in [0.4, 0.5) is 5.69 Å². The molecule has 0 atom stereocenters. The number of methoxy groups -OCH3 is 1. The molecule has 1 aliphatic heterocycles. The smallest absolute Gasteiger partial charge is 0.262 e. The zero-order valence-corrected chi connectivity index (χ0v) is 19.9. The second-order valence-electron chi connectivity index (χ2n) is 8.23. The van der Waals surface area contributed by atoms with E-state index in [-0.39, 0.29) is 16.8 Å². The van der Waals surface area contributed by atoms with Crippen molar-refractivity contribution in [1.29, 1.82) is 0 Å². The molecule has 2 aromatic rings. The Morgan fingerprint density at radius 1 is 1.16 bits per heavy atom. The molecule has 0 saturated carbocycles. The van der Waals surface area contributed by atoms with Crippen LogP contribution in [-0.4, -0.2) is 52.0 Å². The van der Waals surface area contributed by atoms with E-state index in [1.54, 1.807) is 43.3 Å². The average molecular weight is 460 g/mol. The number of aryl methyl sites for hydroxylation is 1. The normalized spacial score (nSPS) is 15.3. The first-order valence-corrected chi connectivity index (χ1v) is 12.6. The van der Waals surface area contributed by atoms with Crippen LogP contribution < -0.4 is 14.8 Å². The molecule has 0 spiro atoms. The summed E-state index contributed by atoms with van der Waals surface area (Å²) >= 11 is 0. The maximum Gasteiger partial charge on any atom is 0.262 e. The van der Waals surface area contributed by atoms with Crippen LogP contribution in [0.1, 0.15) is 48.5 Å². The highest BCUT2D eigenvalue weighted by Gasteiger charge is 2.23. The van der Waals surface area contributed by atoms with Gasteiger partial charge in [-0.05, 0) is 62.6 Å². The van der Waals surface area contributed by atoms with E-state index in [4.69, 9.17) is 4.74 Å². The first kappa shape index (κ1) is 24.1. The predicted octanol–water partition coefficient (Wildman–Crippen LogP) is 3.80. The van der Waals surface area contributed by atoms with E-state index in [0.29, 0.717) is 22.6 Å². The van der Waals surface area contributed by atoms with E-state index in [1.807, 2.05) is 0 Å². The van der Waals surface area contributed by atoms with Crippen molar-refractivity contribution in [3.05, 3.63) is 53.6 Å². The zero-order chi connectivity index (χ0) is 23.1. The molecule has 32 heavy (non-hydrogen) atoms. The third-order valence-corrected chi connectivity index (χ3v) is 7.35. The number of unbranched alkanes of at least 4 members (excludes halogenated alkanes) is 1. The first-order valence-electron chi connectivity index (χ1n) is 11.1. The van der Waals surface area contributed by atoms with Crippen molar-refractivity contribution in [3.8, 4) is 5.75 Å². The maximum absolute atomic E-state index is 13.1. The van der Waals surface area contributed by atoms with Crippen molar-refractivity contribution >= 4 is 21.6 Å². The van der Waals surface area contributed by atoms with Crippen LogP contribution in [0.3, 0.4) is 0 Å². The van der Waals surface area contributed by atoms with Crippen molar-refractivity contribution in [3.63, 3.8) is 0 Å². The number of rotatable bonds is 9. The molecule has 0 bridgehead atoms. The molecule has 0 aromatic heterocycles. The van der Waals surface area contributed by atoms with Crippen LogP contribution in [0.5, 0.6) is 5.75 Å². The van der Waals surface area contributed by atoms with E-state index < -0.39 is 10.0 Å². The van der Waals surface area contributed by atoms with Crippen molar-refractivity contribution in [2.45, 2.75) is 50.5 Å². The Balaban J connectivity index is 1.70. The Hall–Kier alpha value is -2.58. The fourth-order valence-electron chi connectivity index (χ4n) is 3.91. The SMILES string of the molecule is CCCCN1CCC(NC(=O)c2ccc(C)c(S(=O)(=O)Nc3ccccc3OC)c2)CC1. The van der Waals surface area contributed by atoms with Gasteiger partial charge < -0.3 is 15.0 Å². The highest BCUT2D eigenvalue weighted by molar-refractivity contribution is 7.92. The Morgan fingerprint density at radius 2 is 1.88 bits per heavy atom. The van der Waals surface area contributed by atoms with Gasteiger partial charge in [-0.1, -0.05) is 31.5 Å². The number of nitrogens with one attached hydrogen (secondary N) is 2. The van der Waals surface area contributed by atoms with Gasteiger partial charge in [0, 0.05) is 24.7 Å². The number of nitrogens with zero attached hydrogens (tertiary/aromatic N) is 1. The summed E-state index contributed by atoms with van der Waals surface area (Å²) < 4.78 is 34.0. The van der Waals surface area contributed by atoms with Crippen LogP contribution >= 0.6 is 0 Å². The van der Waals surface area contributed by atoms with Gasteiger partial charge in [0.15, 0.2) is 0 Å². The molecular formula is C24H33N3O4S. The lowest BCUT2D eigenvalue weighted by Gasteiger charge is -2.32. The Morgan fingerprint density at radius 3 is 2.56 bits per heavy atom. The molecule has 174 valence electrons. The summed E-state index contributed by atoms with van der Waals surface area (Å²) in [6, 6.07) is 11.7. The number of hydrogen-bond acceptors (Lipinski definition) is 5. The number of ether oxygens (including phenoxy) is 1. The lowest BCUT2D eigenvalue weighted by Crippen LogP contribution is -2.44. The molecule has 0 aliphatic carbocycles. The summed E-state index contributed by atoms with van der Waals surface area (Å²) in [5.74, 6) is 0.179. The van der Waals surface area contributed by atoms with Crippen LogP contribution in [0, 0.1) is 6.92 Å². The van der Waals surface area contributed by atoms with E-state index in [2.05, 4.69) is 21.9 Å². The van der Waals surface area contributed by atoms with Gasteiger partial charge in [0.05, 0.1) is 17.7 Å². The molecule has 0 unspecified atom stereocenters. The second kappa shape index (κ2) is 10.8. The summed E-state index contributed by atoms with van der Waals surface area (Å²) in [4.78, 5) is 15.4. The topological polar surface area (TPSA) is 87.7 Å². The number of benzene rings is 2. The number of carbonyl (C=O) groups is 1.